The van der Waals surface area contributed by atoms with E-state index in [9.17, 15) is 4.21 Å². The van der Waals surface area contributed by atoms with E-state index in [1.807, 2.05) is 36.4 Å². The summed E-state index contributed by atoms with van der Waals surface area (Å²) in [6, 6.07) is 41.8. The van der Waals surface area contributed by atoms with Gasteiger partial charge in [-0.3, -0.25) is 19.5 Å². The van der Waals surface area contributed by atoms with Gasteiger partial charge in [0.05, 0.1) is 10.8 Å². The summed E-state index contributed by atoms with van der Waals surface area (Å²) in [7, 11) is -1.01. The Bertz CT molecular complexity index is 1920. The van der Waals surface area contributed by atoms with Gasteiger partial charge in [-0.05, 0) is 86.5 Å². The zero-order valence-corrected chi connectivity index (χ0v) is 29.6. The average molecular weight is 769 g/mol. The van der Waals surface area contributed by atoms with Crippen LogP contribution in [-0.2, 0) is 15.6 Å². The molecule has 232 valence electrons. The highest BCUT2D eigenvalue weighted by Gasteiger charge is 2.12. The van der Waals surface area contributed by atoms with Gasteiger partial charge in [0.2, 0.25) is 0 Å². The molecule has 0 spiro atoms. The molecule has 0 aliphatic rings. The molecule has 1 unspecified atom stereocenters. The first kappa shape index (κ1) is 36.2. The number of halogens is 2. The lowest BCUT2D eigenvalue weighted by molar-refractivity contribution is -0.176. The SMILES string of the molecule is CC(=O)O.CS(=O)c1ccccc1-c1cc(Br)cc2ccccc12.CSc1ccccc1-c1cc(Br)cc2ccccc12.OO. The predicted molar refractivity (Wildman–Crippen MR) is 197 cm³/mol. The van der Waals surface area contributed by atoms with Gasteiger partial charge in [0.25, 0.3) is 5.97 Å². The molecule has 6 aromatic rings. The molecule has 0 aliphatic carbocycles. The number of aliphatic carboxylic acids is 1. The molecule has 0 aliphatic heterocycles. The number of benzene rings is 6. The summed E-state index contributed by atoms with van der Waals surface area (Å²) in [5.74, 6) is -0.833. The van der Waals surface area contributed by atoms with Crippen LogP contribution in [0.5, 0.6) is 0 Å². The monoisotopic (exact) mass is 766 g/mol. The van der Waals surface area contributed by atoms with Crippen LogP contribution in [0.15, 0.2) is 140 Å². The molecule has 0 amide bonds. The second-order valence-electron chi connectivity index (χ2n) is 9.52. The minimum atomic E-state index is -1.01. The Hall–Kier alpha value is -3.31. The first-order valence-electron chi connectivity index (χ1n) is 13.5. The van der Waals surface area contributed by atoms with E-state index in [4.69, 9.17) is 20.4 Å². The van der Waals surface area contributed by atoms with Crippen LogP contribution in [0.3, 0.4) is 0 Å². The molecule has 0 heterocycles. The third kappa shape index (κ3) is 9.84. The Morgan fingerprint density at radius 2 is 1.04 bits per heavy atom. The Balaban J connectivity index is 0.000000210. The molecule has 1 atom stereocenters. The average Bonchev–Trinajstić information content (AvgIpc) is 3.05. The van der Waals surface area contributed by atoms with Crippen molar-refractivity contribution in [1.29, 1.82) is 0 Å². The fourth-order valence-electron chi connectivity index (χ4n) is 4.80. The summed E-state index contributed by atoms with van der Waals surface area (Å²) >= 11 is 8.98. The molecular formula is C36H32Br2O5S2. The van der Waals surface area contributed by atoms with Crippen LogP contribution in [0.25, 0.3) is 43.8 Å². The maximum Gasteiger partial charge on any atom is 0.300 e. The fraction of sp³-hybridized carbons (Fsp3) is 0.0833. The van der Waals surface area contributed by atoms with Crippen molar-refractivity contribution in [2.75, 3.05) is 12.5 Å². The normalized spacial score (nSPS) is 10.8. The van der Waals surface area contributed by atoms with Crippen molar-refractivity contribution in [3.05, 3.63) is 130 Å². The predicted octanol–water partition coefficient (Wildman–Crippen LogP) is 11.1. The minimum Gasteiger partial charge on any atom is -0.481 e. The number of hydrogen-bond donors (Lipinski definition) is 3. The van der Waals surface area contributed by atoms with Gasteiger partial charge in [0.15, 0.2) is 0 Å². The zero-order chi connectivity index (χ0) is 32.9. The second kappa shape index (κ2) is 18.0. The van der Waals surface area contributed by atoms with Gasteiger partial charge in [-0.25, -0.2) is 0 Å². The molecule has 6 rings (SSSR count). The summed E-state index contributed by atoms with van der Waals surface area (Å²) in [4.78, 5) is 11.2. The number of hydrogen-bond acceptors (Lipinski definition) is 5. The van der Waals surface area contributed by atoms with Crippen molar-refractivity contribution in [1.82, 2.24) is 0 Å². The van der Waals surface area contributed by atoms with Gasteiger partial charge in [0, 0.05) is 31.9 Å². The maximum absolute atomic E-state index is 12.0. The van der Waals surface area contributed by atoms with Crippen LogP contribution in [0.2, 0.25) is 0 Å². The molecule has 9 heteroatoms. The number of carboxylic acid groups (broad SMARTS) is 1. The van der Waals surface area contributed by atoms with E-state index in [1.165, 1.54) is 37.6 Å². The lowest BCUT2D eigenvalue weighted by Gasteiger charge is -2.11. The van der Waals surface area contributed by atoms with Crippen molar-refractivity contribution in [3.8, 4) is 22.3 Å². The van der Waals surface area contributed by atoms with E-state index in [0.717, 1.165) is 31.9 Å². The lowest BCUT2D eigenvalue weighted by atomic mass is 9.98. The van der Waals surface area contributed by atoms with Gasteiger partial charge in [0.1, 0.15) is 0 Å². The molecule has 6 aromatic carbocycles. The van der Waals surface area contributed by atoms with Crippen LogP contribution in [-0.4, -0.2) is 38.3 Å². The molecule has 45 heavy (non-hydrogen) atoms. The summed E-state index contributed by atoms with van der Waals surface area (Å²) in [5, 5.41) is 24.3. The van der Waals surface area contributed by atoms with Gasteiger partial charge >= 0.3 is 0 Å². The Morgan fingerprint density at radius 3 is 1.53 bits per heavy atom. The molecule has 3 N–H and O–H groups in total. The van der Waals surface area contributed by atoms with Gasteiger partial charge in [-0.2, -0.15) is 0 Å². The number of rotatable bonds is 4. The molecular weight excluding hydrogens is 736 g/mol. The van der Waals surface area contributed by atoms with E-state index in [1.54, 1.807) is 18.0 Å². The Kier molecular flexibility index (Phi) is 14.5. The van der Waals surface area contributed by atoms with Crippen LogP contribution in [0.4, 0.5) is 0 Å². The number of carbonyl (C=O) groups is 1. The lowest BCUT2D eigenvalue weighted by Crippen LogP contribution is -1.92. The van der Waals surface area contributed by atoms with Crippen LogP contribution in [0.1, 0.15) is 6.92 Å². The van der Waals surface area contributed by atoms with Crippen molar-refractivity contribution >= 4 is 81.9 Å². The molecule has 5 nitrogen and oxygen atoms in total. The van der Waals surface area contributed by atoms with Gasteiger partial charge in [-0.15, -0.1) is 11.8 Å². The summed E-state index contributed by atoms with van der Waals surface area (Å²) in [5.41, 5.74) is 4.73. The van der Waals surface area contributed by atoms with E-state index in [2.05, 4.69) is 123 Å². The third-order valence-electron chi connectivity index (χ3n) is 6.54. The van der Waals surface area contributed by atoms with Crippen molar-refractivity contribution in [3.63, 3.8) is 0 Å². The third-order valence-corrected chi connectivity index (χ3v) is 9.22. The second-order valence-corrected chi connectivity index (χ2v) is 13.5. The van der Waals surface area contributed by atoms with Crippen molar-refractivity contribution in [2.24, 2.45) is 0 Å². The zero-order valence-electron chi connectivity index (χ0n) is 24.8. The minimum absolute atomic E-state index is 0.833. The van der Waals surface area contributed by atoms with E-state index in [0.29, 0.717) is 0 Å². The smallest absolute Gasteiger partial charge is 0.300 e. The van der Waals surface area contributed by atoms with Crippen LogP contribution in [0, 0.1) is 0 Å². The molecule has 0 saturated carbocycles. The standard InChI is InChI=1S/C17H13BrOS.C17H13BrS.C2H4O2.H2O2/c1-20(19)17-9-5-4-8-15(17)16-11-13(18)10-12-6-2-3-7-14(12)16;1-19-17-9-5-4-8-15(17)16-11-13(18)10-12-6-2-3-7-14(12)16;1-2(3)4;1-2/h2-11H,1H3;2-11H,1H3;1H3,(H,3,4);1-2H. The summed E-state index contributed by atoms with van der Waals surface area (Å²) in [6.07, 6.45) is 3.85. The molecule has 0 radical (unpaired) electrons. The van der Waals surface area contributed by atoms with E-state index >= 15 is 0 Å². The van der Waals surface area contributed by atoms with Gasteiger partial charge in [-0.1, -0.05) is 117 Å². The molecule has 0 aromatic heterocycles. The first-order chi connectivity index (χ1) is 21.7. The van der Waals surface area contributed by atoms with Crippen LogP contribution >= 0.6 is 43.6 Å². The van der Waals surface area contributed by atoms with Crippen molar-refractivity contribution in [2.45, 2.75) is 16.7 Å². The topological polar surface area (TPSA) is 94.8 Å². The molecule has 0 fully saturated rings. The number of carboxylic acids is 1. The fourth-order valence-corrected chi connectivity index (χ4v) is 7.12. The van der Waals surface area contributed by atoms with E-state index < -0.39 is 16.8 Å². The summed E-state index contributed by atoms with van der Waals surface area (Å²) < 4.78 is 14.1. The number of thioether (sulfide) groups is 1. The Labute approximate surface area is 286 Å². The quantitative estimate of drug-likeness (QED) is 0.0939. The van der Waals surface area contributed by atoms with Crippen LogP contribution < -0.4 is 0 Å². The molecule has 0 bridgehead atoms. The summed E-state index contributed by atoms with van der Waals surface area (Å²) in [6.45, 7) is 1.08. The molecule has 0 saturated heterocycles. The Morgan fingerprint density at radius 1 is 0.644 bits per heavy atom. The van der Waals surface area contributed by atoms with Gasteiger partial charge < -0.3 is 5.11 Å². The maximum atomic E-state index is 12.0. The highest BCUT2D eigenvalue weighted by molar-refractivity contribution is 9.10. The van der Waals surface area contributed by atoms with Crippen molar-refractivity contribution < 1.29 is 24.6 Å². The number of fused-ring (bicyclic) bond motifs is 2. The first-order valence-corrected chi connectivity index (χ1v) is 17.9. The highest BCUT2D eigenvalue weighted by atomic mass is 79.9. The highest BCUT2D eigenvalue weighted by Crippen LogP contribution is 2.37. The largest absolute Gasteiger partial charge is 0.481 e. The van der Waals surface area contributed by atoms with E-state index in [-0.39, 0.29) is 0 Å².